The molecule has 1 aromatic carbocycles. The predicted octanol–water partition coefficient (Wildman–Crippen LogP) is 2.81. The molecule has 8 heteroatoms. The van der Waals surface area contributed by atoms with Gasteiger partial charge in [-0.25, -0.2) is 4.39 Å². The number of benzene rings is 1. The Labute approximate surface area is 173 Å². The van der Waals surface area contributed by atoms with Gasteiger partial charge in [0.25, 0.3) is 5.91 Å². The Morgan fingerprint density at radius 2 is 1.78 bits per heavy atom. The zero-order chi connectivity index (χ0) is 17.8. The molecule has 2 fully saturated rings. The largest absolute Gasteiger partial charge is 0.367 e. The Hall–Kier alpha value is -1.08. The lowest BCUT2D eigenvalue weighted by Crippen LogP contribution is -2.46. The van der Waals surface area contributed by atoms with E-state index in [-0.39, 0.29) is 48.6 Å². The molecule has 1 amide bonds. The molecule has 1 heterocycles. The van der Waals surface area contributed by atoms with Crippen molar-refractivity contribution in [2.45, 2.75) is 44.7 Å². The molecule has 1 saturated heterocycles. The van der Waals surface area contributed by atoms with Crippen LogP contribution < -0.4 is 16.0 Å². The molecule has 5 nitrogen and oxygen atoms in total. The first-order chi connectivity index (χ1) is 12.1. The average molecular weight is 421 g/mol. The summed E-state index contributed by atoms with van der Waals surface area (Å²) in [5.74, 6) is -0.509. The normalized spacial score (nSPS) is 23.1. The fraction of sp³-hybridized carbons (Fsp3) is 0.632. The zero-order valence-electron chi connectivity index (χ0n) is 15.8. The summed E-state index contributed by atoms with van der Waals surface area (Å²) in [6.07, 6.45) is 3.66. The second-order valence-corrected chi connectivity index (χ2v) is 7.17. The van der Waals surface area contributed by atoms with Crippen molar-refractivity contribution < 1.29 is 9.18 Å². The van der Waals surface area contributed by atoms with Gasteiger partial charge < -0.3 is 20.9 Å². The van der Waals surface area contributed by atoms with Crippen molar-refractivity contribution in [1.29, 1.82) is 0 Å². The van der Waals surface area contributed by atoms with Gasteiger partial charge in [-0.3, -0.25) is 4.79 Å². The molecule has 0 spiro atoms. The first-order valence-electron chi connectivity index (χ1n) is 9.40. The van der Waals surface area contributed by atoms with Crippen molar-refractivity contribution >= 4 is 36.4 Å². The van der Waals surface area contributed by atoms with Crippen LogP contribution in [-0.4, -0.2) is 55.6 Å². The highest BCUT2D eigenvalue weighted by Crippen LogP contribution is 2.23. The van der Waals surface area contributed by atoms with E-state index < -0.39 is 0 Å². The van der Waals surface area contributed by atoms with Crippen molar-refractivity contribution in [3.63, 3.8) is 0 Å². The molecule has 27 heavy (non-hydrogen) atoms. The number of anilines is 1. The number of piperazine rings is 1. The molecule has 154 valence electrons. The van der Waals surface area contributed by atoms with Crippen LogP contribution in [0.4, 0.5) is 10.1 Å². The summed E-state index contributed by atoms with van der Waals surface area (Å²) in [4.78, 5) is 16.8. The van der Waals surface area contributed by atoms with Gasteiger partial charge in [-0.1, -0.05) is 6.92 Å². The van der Waals surface area contributed by atoms with Crippen molar-refractivity contribution in [2.24, 2.45) is 5.73 Å². The van der Waals surface area contributed by atoms with Gasteiger partial charge in [-0.05, 0) is 50.4 Å². The lowest BCUT2D eigenvalue weighted by molar-refractivity contribution is 0.0925. The summed E-state index contributed by atoms with van der Waals surface area (Å²) >= 11 is 0. The SMILES string of the molecule is CCN1CCN(c2ccc(C(=O)NC3CCC(N)CC3)cc2F)CC1.Cl.Cl. The van der Waals surface area contributed by atoms with Crippen LogP contribution in [-0.2, 0) is 0 Å². The maximum absolute atomic E-state index is 14.6. The highest BCUT2D eigenvalue weighted by molar-refractivity contribution is 5.94. The Balaban J connectivity index is 0.00000182. The zero-order valence-corrected chi connectivity index (χ0v) is 17.5. The third-order valence-electron chi connectivity index (χ3n) is 5.48. The first-order valence-corrected chi connectivity index (χ1v) is 9.40. The summed E-state index contributed by atoms with van der Waals surface area (Å²) < 4.78 is 14.6. The van der Waals surface area contributed by atoms with E-state index in [9.17, 15) is 9.18 Å². The number of carbonyl (C=O) groups is 1. The van der Waals surface area contributed by atoms with Crippen LogP contribution in [0, 0.1) is 5.82 Å². The molecule has 0 aromatic heterocycles. The Kier molecular flexibility index (Phi) is 9.81. The van der Waals surface area contributed by atoms with Crippen molar-refractivity contribution in [2.75, 3.05) is 37.6 Å². The smallest absolute Gasteiger partial charge is 0.251 e. The Morgan fingerprint density at radius 1 is 1.15 bits per heavy atom. The molecule has 1 aromatic rings. The predicted molar refractivity (Wildman–Crippen MR) is 113 cm³/mol. The second-order valence-electron chi connectivity index (χ2n) is 7.17. The minimum Gasteiger partial charge on any atom is -0.367 e. The van der Waals surface area contributed by atoms with Crippen molar-refractivity contribution in [3.05, 3.63) is 29.6 Å². The number of likely N-dealkylation sites (N-methyl/N-ethyl adjacent to an activating group) is 1. The van der Waals surface area contributed by atoms with Gasteiger partial charge in [-0.2, -0.15) is 0 Å². The van der Waals surface area contributed by atoms with Gasteiger partial charge in [0.05, 0.1) is 5.69 Å². The number of carbonyl (C=O) groups excluding carboxylic acids is 1. The van der Waals surface area contributed by atoms with Gasteiger partial charge in [0.1, 0.15) is 5.82 Å². The summed E-state index contributed by atoms with van der Waals surface area (Å²) in [6.45, 7) is 6.70. The minimum atomic E-state index is -0.316. The Bertz CT molecular complexity index is 603. The monoisotopic (exact) mass is 420 g/mol. The van der Waals surface area contributed by atoms with Gasteiger partial charge in [0.15, 0.2) is 0 Å². The molecule has 0 bridgehead atoms. The molecule has 1 aliphatic carbocycles. The topological polar surface area (TPSA) is 61.6 Å². The number of hydrogen-bond donors (Lipinski definition) is 2. The molecular formula is C19H31Cl2FN4O. The van der Waals surface area contributed by atoms with Gasteiger partial charge >= 0.3 is 0 Å². The summed E-state index contributed by atoms with van der Waals surface area (Å²) in [6, 6.07) is 5.23. The molecule has 0 unspecified atom stereocenters. The van der Waals surface area contributed by atoms with E-state index in [0.29, 0.717) is 11.3 Å². The average Bonchev–Trinajstić information content (AvgIpc) is 2.63. The van der Waals surface area contributed by atoms with Crippen LogP contribution in [0.2, 0.25) is 0 Å². The van der Waals surface area contributed by atoms with Crippen LogP contribution in [0.1, 0.15) is 43.0 Å². The van der Waals surface area contributed by atoms with E-state index in [2.05, 4.69) is 22.0 Å². The highest BCUT2D eigenvalue weighted by Gasteiger charge is 2.22. The molecule has 0 radical (unpaired) electrons. The number of rotatable bonds is 4. The molecule has 3 rings (SSSR count). The van der Waals surface area contributed by atoms with Crippen molar-refractivity contribution in [1.82, 2.24) is 10.2 Å². The fourth-order valence-electron chi connectivity index (χ4n) is 3.74. The van der Waals surface area contributed by atoms with Crippen LogP contribution >= 0.6 is 24.8 Å². The number of hydrogen-bond acceptors (Lipinski definition) is 4. The maximum Gasteiger partial charge on any atom is 0.251 e. The van der Waals surface area contributed by atoms with Crippen LogP contribution in [0.5, 0.6) is 0 Å². The molecule has 0 atom stereocenters. The number of nitrogens with one attached hydrogen (secondary N) is 1. The van der Waals surface area contributed by atoms with E-state index in [1.165, 1.54) is 6.07 Å². The van der Waals surface area contributed by atoms with E-state index in [1.807, 2.05) is 0 Å². The summed E-state index contributed by atoms with van der Waals surface area (Å²) in [5.41, 5.74) is 6.88. The lowest BCUT2D eigenvalue weighted by atomic mass is 9.91. The Morgan fingerprint density at radius 3 is 2.33 bits per heavy atom. The number of nitrogens with zero attached hydrogens (tertiary/aromatic N) is 2. The van der Waals surface area contributed by atoms with Crippen LogP contribution in [0.3, 0.4) is 0 Å². The fourth-order valence-corrected chi connectivity index (χ4v) is 3.74. The third-order valence-corrected chi connectivity index (χ3v) is 5.48. The van der Waals surface area contributed by atoms with E-state index >= 15 is 0 Å². The number of nitrogens with two attached hydrogens (primary N) is 1. The quantitative estimate of drug-likeness (QED) is 0.785. The van der Waals surface area contributed by atoms with E-state index in [4.69, 9.17) is 5.73 Å². The van der Waals surface area contributed by atoms with Crippen LogP contribution in [0.15, 0.2) is 18.2 Å². The summed E-state index contributed by atoms with van der Waals surface area (Å²) in [7, 11) is 0. The van der Waals surface area contributed by atoms with Crippen LogP contribution in [0.25, 0.3) is 0 Å². The highest BCUT2D eigenvalue weighted by atomic mass is 35.5. The third kappa shape index (κ3) is 6.21. The van der Waals surface area contributed by atoms with Crippen molar-refractivity contribution in [3.8, 4) is 0 Å². The molecular weight excluding hydrogens is 390 g/mol. The molecule has 1 saturated carbocycles. The lowest BCUT2D eigenvalue weighted by Gasteiger charge is -2.35. The molecule has 3 N–H and O–H groups in total. The van der Waals surface area contributed by atoms with Gasteiger partial charge in [0, 0.05) is 43.8 Å². The van der Waals surface area contributed by atoms with Gasteiger partial charge in [0.2, 0.25) is 0 Å². The minimum absolute atomic E-state index is 0. The standard InChI is InChI=1S/C19H29FN4O.2ClH/c1-2-23-9-11-24(12-10-23)18-8-3-14(13-17(18)20)19(25)22-16-6-4-15(21)5-7-16;;/h3,8,13,15-16H,2,4-7,9-12,21H2,1H3,(H,22,25);2*1H. The second kappa shape index (κ2) is 11.1. The number of amides is 1. The maximum atomic E-state index is 14.6. The van der Waals surface area contributed by atoms with Gasteiger partial charge in [-0.15, -0.1) is 24.8 Å². The number of halogens is 3. The molecule has 2 aliphatic rings. The molecule has 1 aliphatic heterocycles. The van der Waals surface area contributed by atoms with E-state index in [1.54, 1.807) is 12.1 Å². The summed E-state index contributed by atoms with van der Waals surface area (Å²) in [5, 5.41) is 3.01. The first kappa shape index (κ1) is 24.0. The van der Waals surface area contributed by atoms with E-state index in [0.717, 1.165) is 58.4 Å².